The molecular weight excluding hydrogens is 180 g/mol. The van der Waals surface area contributed by atoms with Crippen LogP contribution in [0.5, 0.6) is 0 Å². The number of hydrogen-bond acceptors (Lipinski definition) is 2. The highest BCUT2D eigenvalue weighted by atomic mass is 16.2. The second-order valence-electron chi connectivity index (χ2n) is 4.29. The normalized spacial score (nSPS) is 24.8. The third kappa shape index (κ3) is 1.38. The molecule has 0 aromatic carbocycles. The minimum atomic E-state index is -0.192. The highest BCUT2D eigenvalue weighted by Crippen LogP contribution is 2.37. The Kier molecular flexibility index (Phi) is 2.21. The Morgan fingerprint density at radius 2 is 2.14 bits per heavy atom. The summed E-state index contributed by atoms with van der Waals surface area (Å²) in [4.78, 5) is 24.6. The van der Waals surface area contributed by atoms with E-state index in [2.05, 4.69) is 5.32 Å². The monoisotopic (exact) mass is 196 g/mol. The molecule has 0 unspecified atom stereocenters. The standard InChI is InChI=1S/C10H16N2O2/c1-2-6-12-8(13)7-10(4-3-5-10)11-9(12)14/h2-7H2,1H3,(H,11,14). The molecule has 0 radical (unpaired) electrons. The van der Waals surface area contributed by atoms with Crippen molar-refractivity contribution in [1.82, 2.24) is 10.2 Å². The zero-order chi connectivity index (χ0) is 10.2. The molecule has 3 amide bonds. The molecule has 1 saturated heterocycles. The molecule has 1 saturated carbocycles. The van der Waals surface area contributed by atoms with Crippen LogP contribution < -0.4 is 5.32 Å². The molecule has 14 heavy (non-hydrogen) atoms. The molecule has 1 spiro atoms. The van der Waals surface area contributed by atoms with Crippen LogP contribution in [0.4, 0.5) is 4.79 Å². The van der Waals surface area contributed by atoms with Gasteiger partial charge in [-0.3, -0.25) is 9.69 Å². The average Bonchev–Trinajstić information content (AvgIpc) is 2.08. The van der Waals surface area contributed by atoms with Crippen molar-refractivity contribution in [3.8, 4) is 0 Å². The van der Waals surface area contributed by atoms with Gasteiger partial charge in [-0.25, -0.2) is 4.79 Å². The topological polar surface area (TPSA) is 49.4 Å². The molecule has 2 aliphatic rings. The molecule has 0 atom stereocenters. The lowest BCUT2D eigenvalue weighted by Gasteiger charge is -2.47. The van der Waals surface area contributed by atoms with Crippen LogP contribution in [0, 0.1) is 0 Å². The number of imide groups is 1. The summed E-state index contributed by atoms with van der Waals surface area (Å²) in [6.45, 7) is 2.51. The van der Waals surface area contributed by atoms with Gasteiger partial charge in [0.25, 0.3) is 0 Å². The fourth-order valence-electron chi connectivity index (χ4n) is 2.19. The molecule has 0 aromatic rings. The van der Waals surface area contributed by atoms with Crippen molar-refractivity contribution in [1.29, 1.82) is 0 Å². The van der Waals surface area contributed by atoms with Crippen LogP contribution in [0.2, 0.25) is 0 Å². The Morgan fingerprint density at radius 1 is 1.43 bits per heavy atom. The molecule has 1 heterocycles. The van der Waals surface area contributed by atoms with Gasteiger partial charge in [0.05, 0.1) is 12.0 Å². The summed E-state index contributed by atoms with van der Waals surface area (Å²) in [5.41, 5.74) is -0.168. The van der Waals surface area contributed by atoms with E-state index in [1.165, 1.54) is 4.90 Å². The fourth-order valence-corrected chi connectivity index (χ4v) is 2.19. The highest BCUT2D eigenvalue weighted by molar-refractivity contribution is 5.98. The molecule has 2 rings (SSSR count). The lowest BCUT2D eigenvalue weighted by Crippen LogP contribution is -2.64. The van der Waals surface area contributed by atoms with E-state index < -0.39 is 0 Å². The summed E-state index contributed by atoms with van der Waals surface area (Å²) in [7, 11) is 0. The first kappa shape index (κ1) is 9.49. The van der Waals surface area contributed by atoms with Crippen molar-refractivity contribution >= 4 is 11.9 Å². The molecular formula is C10H16N2O2. The minimum absolute atomic E-state index is 0.00435. The van der Waals surface area contributed by atoms with Crippen LogP contribution in [0.15, 0.2) is 0 Å². The first-order chi connectivity index (χ1) is 6.67. The van der Waals surface area contributed by atoms with Gasteiger partial charge in [0.1, 0.15) is 0 Å². The van der Waals surface area contributed by atoms with Crippen molar-refractivity contribution in [3.63, 3.8) is 0 Å². The number of urea groups is 1. The number of rotatable bonds is 2. The van der Waals surface area contributed by atoms with Crippen molar-refractivity contribution in [2.24, 2.45) is 0 Å². The Labute approximate surface area is 83.6 Å². The number of hydrogen-bond donors (Lipinski definition) is 1. The predicted octanol–water partition coefficient (Wildman–Crippen LogP) is 1.26. The van der Waals surface area contributed by atoms with Crippen molar-refractivity contribution in [2.45, 2.75) is 44.6 Å². The fraction of sp³-hybridized carbons (Fsp3) is 0.800. The number of carbonyl (C=O) groups is 2. The first-order valence-electron chi connectivity index (χ1n) is 5.29. The van der Waals surface area contributed by atoms with Crippen LogP contribution in [0.25, 0.3) is 0 Å². The quantitative estimate of drug-likeness (QED) is 0.722. The maximum absolute atomic E-state index is 11.7. The number of nitrogens with zero attached hydrogens (tertiary/aromatic N) is 1. The van der Waals surface area contributed by atoms with E-state index in [0.717, 1.165) is 25.7 Å². The highest BCUT2D eigenvalue weighted by Gasteiger charge is 2.46. The summed E-state index contributed by atoms with van der Waals surface area (Å²) < 4.78 is 0. The Bertz CT molecular complexity index is 251. The number of carbonyl (C=O) groups excluding carboxylic acids is 2. The van der Waals surface area contributed by atoms with E-state index in [1.54, 1.807) is 0 Å². The molecule has 1 aliphatic carbocycles. The Hall–Kier alpha value is -1.06. The Balaban J connectivity index is 2.06. The van der Waals surface area contributed by atoms with Crippen LogP contribution in [0.1, 0.15) is 39.0 Å². The summed E-state index contributed by atoms with van der Waals surface area (Å²) >= 11 is 0. The van der Waals surface area contributed by atoms with Gasteiger partial charge < -0.3 is 5.32 Å². The van der Waals surface area contributed by atoms with E-state index in [1.807, 2.05) is 6.92 Å². The molecule has 4 nitrogen and oxygen atoms in total. The van der Waals surface area contributed by atoms with E-state index in [4.69, 9.17) is 0 Å². The summed E-state index contributed by atoms with van der Waals surface area (Å²) in [5, 5.41) is 2.96. The van der Waals surface area contributed by atoms with E-state index in [9.17, 15) is 9.59 Å². The number of amides is 3. The van der Waals surface area contributed by atoms with Crippen molar-refractivity contribution in [2.75, 3.05) is 6.54 Å². The largest absolute Gasteiger partial charge is 0.332 e. The molecule has 0 bridgehead atoms. The van der Waals surface area contributed by atoms with Crippen LogP contribution in [0.3, 0.4) is 0 Å². The average molecular weight is 196 g/mol. The molecule has 78 valence electrons. The lowest BCUT2D eigenvalue weighted by molar-refractivity contribution is -0.133. The van der Waals surface area contributed by atoms with Crippen molar-refractivity contribution in [3.05, 3.63) is 0 Å². The summed E-state index contributed by atoms with van der Waals surface area (Å²) in [6.07, 6.45) is 4.38. The molecule has 1 aliphatic heterocycles. The summed E-state index contributed by atoms with van der Waals surface area (Å²) in [6, 6.07) is -0.192. The second-order valence-corrected chi connectivity index (χ2v) is 4.29. The number of nitrogens with one attached hydrogen (secondary N) is 1. The molecule has 0 aromatic heterocycles. The van der Waals surface area contributed by atoms with Crippen LogP contribution in [-0.2, 0) is 4.79 Å². The van der Waals surface area contributed by atoms with E-state index in [-0.39, 0.29) is 17.5 Å². The van der Waals surface area contributed by atoms with Gasteiger partial charge in [-0.2, -0.15) is 0 Å². The SMILES string of the molecule is CCCN1C(=O)CC2(CCC2)NC1=O. The van der Waals surface area contributed by atoms with Crippen LogP contribution in [-0.4, -0.2) is 28.9 Å². The Morgan fingerprint density at radius 3 is 2.57 bits per heavy atom. The zero-order valence-corrected chi connectivity index (χ0v) is 8.51. The maximum atomic E-state index is 11.7. The molecule has 2 fully saturated rings. The summed E-state index contributed by atoms with van der Waals surface area (Å²) in [5.74, 6) is -0.00435. The van der Waals surface area contributed by atoms with Gasteiger partial charge in [-0.15, -0.1) is 0 Å². The lowest BCUT2D eigenvalue weighted by atomic mass is 9.73. The maximum Gasteiger partial charge on any atom is 0.324 e. The third-order valence-electron chi connectivity index (χ3n) is 3.17. The van der Waals surface area contributed by atoms with Crippen molar-refractivity contribution < 1.29 is 9.59 Å². The zero-order valence-electron chi connectivity index (χ0n) is 8.51. The van der Waals surface area contributed by atoms with Gasteiger partial charge in [-0.05, 0) is 25.7 Å². The first-order valence-corrected chi connectivity index (χ1v) is 5.29. The smallest absolute Gasteiger partial charge is 0.324 e. The van der Waals surface area contributed by atoms with Gasteiger partial charge in [0.15, 0.2) is 0 Å². The van der Waals surface area contributed by atoms with Gasteiger partial charge in [0, 0.05) is 6.54 Å². The van der Waals surface area contributed by atoms with Gasteiger partial charge >= 0.3 is 6.03 Å². The predicted molar refractivity (Wildman–Crippen MR) is 51.7 cm³/mol. The van der Waals surface area contributed by atoms with Crippen LogP contribution >= 0.6 is 0 Å². The van der Waals surface area contributed by atoms with Gasteiger partial charge in [0.2, 0.25) is 5.91 Å². The van der Waals surface area contributed by atoms with E-state index in [0.29, 0.717) is 13.0 Å². The van der Waals surface area contributed by atoms with Gasteiger partial charge in [-0.1, -0.05) is 6.92 Å². The van der Waals surface area contributed by atoms with E-state index >= 15 is 0 Å². The third-order valence-corrected chi connectivity index (χ3v) is 3.17. The molecule has 4 heteroatoms. The molecule has 1 N–H and O–H groups in total. The minimum Gasteiger partial charge on any atom is -0.332 e. The second kappa shape index (κ2) is 3.26.